The van der Waals surface area contributed by atoms with Gasteiger partial charge in [0.2, 0.25) is 0 Å². The third-order valence-electron chi connectivity index (χ3n) is 12.8. The van der Waals surface area contributed by atoms with Crippen LogP contribution in [0.3, 0.4) is 0 Å². The zero-order valence-corrected chi connectivity index (χ0v) is 42.3. The molecule has 0 fully saturated rings. The smallest absolute Gasteiger partial charge is 0.306 e. The van der Waals surface area contributed by atoms with Crippen molar-refractivity contribution >= 4 is 17.9 Å². The number of carbonyl (C=O) groups is 3. The molecule has 0 aliphatic rings. The third kappa shape index (κ3) is 49.4. The molecule has 0 N–H and O–H groups in total. The largest absolute Gasteiger partial charge is 0.462 e. The standard InChI is InChI=1S/C56H108O6/c1-5-7-9-11-13-15-17-18-19-20-21-24-28-31-35-39-43-47-54(57)60-50-53(62-56(59)49-45-41-37-33-26-16-14-12-10-8-6-2)51-61-55(58)48-44-40-36-32-29-25-22-23-27-30-34-38-42-46-52(3)4/h52-53H,5-51H2,1-4H3/t53-/m0/s1. The topological polar surface area (TPSA) is 78.9 Å². The van der Waals surface area contributed by atoms with Gasteiger partial charge in [-0.2, -0.15) is 0 Å². The van der Waals surface area contributed by atoms with E-state index < -0.39 is 6.10 Å². The van der Waals surface area contributed by atoms with Crippen LogP contribution in [0.15, 0.2) is 0 Å². The van der Waals surface area contributed by atoms with Crippen molar-refractivity contribution in [1.29, 1.82) is 0 Å². The summed E-state index contributed by atoms with van der Waals surface area (Å²) in [6.45, 7) is 9.05. The fourth-order valence-corrected chi connectivity index (χ4v) is 8.57. The van der Waals surface area contributed by atoms with Gasteiger partial charge in [-0.15, -0.1) is 0 Å². The molecule has 0 aromatic heterocycles. The number of hydrogen-bond donors (Lipinski definition) is 0. The first-order chi connectivity index (χ1) is 30.4. The highest BCUT2D eigenvalue weighted by Gasteiger charge is 2.19. The third-order valence-corrected chi connectivity index (χ3v) is 12.8. The van der Waals surface area contributed by atoms with Gasteiger partial charge in [-0.25, -0.2) is 0 Å². The molecule has 0 spiro atoms. The Morgan fingerprint density at radius 3 is 0.790 bits per heavy atom. The maximum atomic E-state index is 12.8. The summed E-state index contributed by atoms with van der Waals surface area (Å²) in [6.07, 6.45) is 53.7. The van der Waals surface area contributed by atoms with E-state index in [2.05, 4.69) is 27.7 Å². The van der Waals surface area contributed by atoms with Crippen LogP contribution in [-0.4, -0.2) is 37.2 Å². The molecule has 0 aromatic carbocycles. The van der Waals surface area contributed by atoms with Crippen molar-refractivity contribution in [3.8, 4) is 0 Å². The number of ether oxygens (including phenoxy) is 3. The van der Waals surface area contributed by atoms with Gasteiger partial charge in [0.25, 0.3) is 0 Å². The summed E-state index contributed by atoms with van der Waals surface area (Å²) in [6, 6.07) is 0. The molecule has 368 valence electrons. The van der Waals surface area contributed by atoms with E-state index in [-0.39, 0.29) is 31.1 Å². The second kappa shape index (κ2) is 50.4. The molecule has 0 radical (unpaired) electrons. The van der Waals surface area contributed by atoms with Gasteiger partial charge >= 0.3 is 17.9 Å². The van der Waals surface area contributed by atoms with Crippen LogP contribution in [0.25, 0.3) is 0 Å². The van der Waals surface area contributed by atoms with Gasteiger partial charge in [-0.3, -0.25) is 14.4 Å². The lowest BCUT2D eigenvalue weighted by molar-refractivity contribution is -0.167. The van der Waals surface area contributed by atoms with E-state index in [0.717, 1.165) is 63.7 Å². The van der Waals surface area contributed by atoms with E-state index in [1.165, 1.54) is 212 Å². The zero-order valence-electron chi connectivity index (χ0n) is 42.3. The molecule has 0 aliphatic heterocycles. The molecule has 0 aliphatic carbocycles. The highest BCUT2D eigenvalue weighted by molar-refractivity contribution is 5.71. The molecule has 6 heteroatoms. The van der Waals surface area contributed by atoms with E-state index in [0.29, 0.717) is 19.3 Å². The van der Waals surface area contributed by atoms with Crippen LogP contribution < -0.4 is 0 Å². The van der Waals surface area contributed by atoms with E-state index in [1.807, 2.05) is 0 Å². The minimum Gasteiger partial charge on any atom is -0.462 e. The first-order valence-corrected chi connectivity index (χ1v) is 27.9. The van der Waals surface area contributed by atoms with E-state index in [9.17, 15) is 14.4 Å². The Hall–Kier alpha value is -1.59. The van der Waals surface area contributed by atoms with Crippen molar-refractivity contribution in [2.24, 2.45) is 5.92 Å². The summed E-state index contributed by atoms with van der Waals surface area (Å²) < 4.78 is 16.8. The molecule has 0 aromatic rings. The van der Waals surface area contributed by atoms with E-state index >= 15 is 0 Å². The zero-order chi connectivity index (χ0) is 45.2. The maximum absolute atomic E-state index is 12.8. The predicted molar refractivity (Wildman–Crippen MR) is 266 cm³/mol. The molecule has 0 saturated heterocycles. The Bertz CT molecular complexity index is 933. The number of esters is 3. The number of rotatable bonds is 51. The Morgan fingerprint density at radius 2 is 0.532 bits per heavy atom. The summed E-state index contributed by atoms with van der Waals surface area (Å²) >= 11 is 0. The van der Waals surface area contributed by atoms with Crippen LogP contribution in [0.5, 0.6) is 0 Å². The summed E-state index contributed by atoms with van der Waals surface area (Å²) in [7, 11) is 0. The highest BCUT2D eigenvalue weighted by Crippen LogP contribution is 2.18. The Kier molecular flexibility index (Phi) is 49.1. The van der Waals surface area contributed by atoms with Crippen molar-refractivity contribution < 1.29 is 28.6 Å². The molecular formula is C56H108O6. The fourth-order valence-electron chi connectivity index (χ4n) is 8.57. The molecule has 62 heavy (non-hydrogen) atoms. The number of carbonyl (C=O) groups excluding carboxylic acids is 3. The van der Waals surface area contributed by atoms with Crippen LogP contribution in [0.2, 0.25) is 0 Å². The molecule has 0 rings (SSSR count). The minimum absolute atomic E-state index is 0.0621. The van der Waals surface area contributed by atoms with Gasteiger partial charge in [0, 0.05) is 19.3 Å². The molecule has 0 heterocycles. The molecule has 0 bridgehead atoms. The maximum Gasteiger partial charge on any atom is 0.306 e. The molecular weight excluding hydrogens is 769 g/mol. The van der Waals surface area contributed by atoms with Crippen LogP contribution in [0.1, 0.15) is 317 Å². The lowest BCUT2D eigenvalue weighted by atomic mass is 10.0. The Morgan fingerprint density at radius 1 is 0.306 bits per heavy atom. The van der Waals surface area contributed by atoms with Gasteiger partial charge in [-0.1, -0.05) is 278 Å². The second-order valence-electron chi connectivity index (χ2n) is 19.7. The van der Waals surface area contributed by atoms with E-state index in [4.69, 9.17) is 14.2 Å². The average molecular weight is 877 g/mol. The lowest BCUT2D eigenvalue weighted by Gasteiger charge is -2.18. The lowest BCUT2D eigenvalue weighted by Crippen LogP contribution is -2.30. The SMILES string of the molecule is CCCCCCCCCCCCCCCCCCCC(=O)OC[C@@H](COC(=O)CCCCCCCCCCCCCCCC(C)C)OC(=O)CCCCCCCCCCCCC. The molecule has 0 unspecified atom stereocenters. The van der Waals surface area contributed by atoms with Crippen LogP contribution >= 0.6 is 0 Å². The second-order valence-corrected chi connectivity index (χ2v) is 19.7. The molecule has 0 amide bonds. The van der Waals surface area contributed by atoms with Crippen molar-refractivity contribution in [3.05, 3.63) is 0 Å². The van der Waals surface area contributed by atoms with Gasteiger partial charge < -0.3 is 14.2 Å². The van der Waals surface area contributed by atoms with Crippen LogP contribution in [0.4, 0.5) is 0 Å². The summed E-state index contributed by atoms with van der Waals surface area (Å²) in [5.74, 6) is 0.000598. The fraction of sp³-hybridized carbons (Fsp3) is 0.946. The van der Waals surface area contributed by atoms with Gasteiger partial charge in [0.05, 0.1) is 0 Å². The van der Waals surface area contributed by atoms with Gasteiger partial charge in [0.15, 0.2) is 6.10 Å². The van der Waals surface area contributed by atoms with Crippen molar-refractivity contribution in [1.82, 2.24) is 0 Å². The summed E-state index contributed by atoms with van der Waals surface area (Å²) in [5.41, 5.74) is 0. The van der Waals surface area contributed by atoms with Crippen molar-refractivity contribution in [2.75, 3.05) is 13.2 Å². The quantitative estimate of drug-likeness (QED) is 0.0344. The summed E-state index contributed by atoms with van der Waals surface area (Å²) in [5, 5.41) is 0. The number of hydrogen-bond acceptors (Lipinski definition) is 6. The van der Waals surface area contributed by atoms with Gasteiger partial charge in [-0.05, 0) is 25.2 Å². The van der Waals surface area contributed by atoms with Crippen LogP contribution in [0, 0.1) is 5.92 Å². The highest BCUT2D eigenvalue weighted by atomic mass is 16.6. The minimum atomic E-state index is -0.761. The monoisotopic (exact) mass is 877 g/mol. The van der Waals surface area contributed by atoms with Crippen molar-refractivity contribution in [2.45, 2.75) is 323 Å². The van der Waals surface area contributed by atoms with Crippen LogP contribution in [-0.2, 0) is 28.6 Å². The normalized spacial score (nSPS) is 12.0. The Balaban J connectivity index is 4.25. The number of unbranched alkanes of at least 4 members (excludes halogenated alkanes) is 38. The van der Waals surface area contributed by atoms with Crippen molar-refractivity contribution in [3.63, 3.8) is 0 Å². The first-order valence-electron chi connectivity index (χ1n) is 27.9. The Labute approximate surface area is 387 Å². The van der Waals surface area contributed by atoms with Gasteiger partial charge in [0.1, 0.15) is 13.2 Å². The summed E-state index contributed by atoms with van der Waals surface area (Å²) in [4.78, 5) is 38.0. The first kappa shape index (κ1) is 60.4. The van der Waals surface area contributed by atoms with E-state index in [1.54, 1.807) is 0 Å². The molecule has 1 atom stereocenters. The average Bonchev–Trinajstić information content (AvgIpc) is 3.26. The molecule has 6 nitrogen and oxygen atoms in total. The predicted octanol–water partition coefficient (Wildman–Crippen LogP) is 18.2. The molecule has 0 saturated carbocycles.